The maximum Gasteiger partial charge on any atom is 0.330 e. The summed E-state index contributed by atoms with van der Waals surface area (Å²) >= 11 is 0. The first-order valence-electron chi connectivity index (χ1n) is 12.1. The number of ether oxygens (including phenoxy) is 6. The van der Waals surface area contributed by atoms with E-state index < -0.39 is 24.0 Å². The van der Waals surface area contributed by atoms with Crippen LogP contribution in [-0.4, -0.2) is 81.4 Å². The van der Waals surface area contributed by atoms with Crippen LogP contribution in [0.5, 0.6) is 0 Å². The lowest BCUT2D eigenvalue weighted by Gasteiger charge is -2.55. The highest BCUT2D eigenvalue weighted by atomic mass is 16.7. The summed E-state index contributed by atoms with van der Waals surface area (Å²) in [6.07, 6.45) is 6.43. The number of aliphatic hydroxyl groups is 1. The first-order chi connectivity index (χ1) is 15.6. The zero-order valence-corrected chi connectivity index (χ0v) is 20.1. The minimum Gasteiger partial charge on any atom is -0.466 e. The van der Waals surface area contributed by atoms with E-state index in [0.29, 0.717) is 26.4 Å². The smallest absolute Gasteiger partial charge is 0.330 e. The molecule has 1 N–H and O–H groups in total. The molecule has 1 aliphatic carbocycles. The first kappa shape index (κ1) is 27.2. The molecule has 1 heterocycles. The van der Waals surface area contributed by atoms with Gasteiger partial charge in [-0.25, -0.2) is 4.79 Å². The van der Waals surface area contributed by atoms with Gasteiger partial charge in [-0.05, 0) is 19.3 Å². The molecule has 0 radical (unpaired) electrons. The molecule has 1 aliphatic heterocycles. The molecule has 6 atom stereocenters. The van der Waals surface area contributed by atoms with Crippen molar-refractivity contribution in [2.45, 2.75) is 89.5 Å². The van der Waals surface area contributed by atoms with Gasteiger partial charge in [0.25, 0.3) is 0 Å². The predicted octanol–water partition coefficient (Wildman–Crippen LogP) is 3.01. The Morgan fingerprint density at radius 1 is 1.00 bits per heavy atom. The number of aliphatic hydroxyl groups excluding tert-OH is 1. The van der Waals surface area contributed by atoms with Gasteiger partial charge in [0.2, 0.25) is 0 Å². The van der Waals surface area contributed by atoms with Crippen molar-refractivity contribution in [3.8, 4) is 0 Å². The minimum atomic E-state index is -0.881. The fraction of sp³-hybridized carbons (Fsp3) is 0.875. The van der Waals surface area contributed by atoms with Gasteiger partial charge in [-0.3, -0.25) is 0 Å². The minimum absolute atomic E-state index is 0.110. The second-order valence-electron chi connectivity index (χ2n) is 8.46. The number of fused-ring (bicyclic) bond motifs is 1. The molecular formula is C24H42O8. The van der Waals surface area contributed by atoms with Crippen molar-refractivity contribution < 1.29 is 38.3 Å². The van der Waals surface area contributed by atoms with Crippen molar-refractivity contribution in [1.29, 1.82) is 0 Å². The second kappa shape index (κ2) is 14.3. The van der Waals surface area contributed by atoms with Crippen LogP contribution < -0.4 is 0 Å². The van der Waals surface area contributed by atoms with Crippen molar-refractivity contribution in [3.63, 3.8) is 0 Å². The van der Waals surface area contributed by atoms with E-state index in [1.807, 2.05) is 0 Å². The predicted molar refractivity (Wildman–Crippen MR) is 119 cm³/mol. The lowest BCUT2D eigenvalue weighted by Crippen LogP contribution is -2.73. The Bertz CT molecular complexity index is 568. The van der Waals surface area contributed by atoms with Crippen molar-refractivity contribution >= 4 is 5.97 Å². The number of esters is 1. The Labute approximate surface area is 192 Å². The molecule has 1 saturated carbocycles. The van der Waals surface area contributed by atoms with Crippen LogP contribution in [0.15, 0.2) is 12.2 Å². The standard InChI is InChI=1S/C24H42O8/c1-5-8-13-28-17-24-19(20(26)23(32-24)31-16-11-12-18(25)27-4)21(29-14-9-6-2)22(24)30-15-10-7-3/h11-12,19-23,26H,5-10,13-17H2,1-4H3/b12-11+/t19?,20-,21-,22+,23-,24?/m1/s1. The van der Waals surface area contributed by atoms with Gasteiger partial charge in [0.15, 0.2) is 6.29 Å². The summed E-state index contributed by atoms with van der Waals surface area (Å²) in [5.74, 6) is -0.765. The number of rotatable bonds is 17. The van der Waals surface area contributed by atoms with Crippen LogP contribution in [0.25, 0.3) is 0 Å². The van der Waals surface area contributed by atoms with E-state index in [-0.39, 0.29) is 24.7 Å². The number of carbonyl (C=O) groups excluding carboxylic acids is 1. The third-order valence-corrected chi connectivity index (χ3v) is 6.07. The van der Waals surface area contributed by atoms with Crippen LogP contribution in [-0.2, 0) is 33.2 Å². The third-order valence-electron chi connectivity index (χ3n) is 6.07. The summed E-state index contributed by atoms with van der Waals surface area (Å²) in [5, 5.41) is 11.1. The summed E-state index contributed by atoms with van der Waals surface area (Å²) in [6.45, 7) is 8.61. The van der Waals surface area contributed by atoms with Crippen molar-refractivity contribution in [2.75, 3.05) is 40.1 Å². The van der Waals surface area contributed by atoms with E-state index in [9.17, 15) is 9.90 Å². The topological polar surface area (TPSA) is 92.7 Å². The van der Waals surface area contributed by atoms with Gasteiger partial charge in [0, 0.05) is 25.9 Å². The number of unbranched alkanes of at least 4 members (excludes halogenated alkanes) is 3. The van der Waals surface area contributed by atoms with Crippen LogP contribution in [0.4, 0.5) is 0 Å². The zero-order chi connectivity index (χ0) is 23.4. The third kappa shape index (κ3) is 6.74. The van der Waals surface area contributed by atoms with Crippen LogP contribution in [0.1, 0.15) is 59.3 Å². The molecule has 186 valence electrons. The molecule has 32 heavy (non-hydrogen) atoms. The number of hydrogen-bond donors (Lipinski definition) is 1. The van der Waals surface area contributed by atoms with Gasteiger partial charge in [0.05, 0.1) is 32.3 Å². The van der Waals surface area contributed by atoms with E-state index in [2.05, 4.69) is 25.5 Å². The van der Waals surface area contributed by atoms with Gasteiger partial charge in [0.1, 0.15) is 17.8 Å². The second-order valence-corrected chi connectivity index (χ2v) is 8.46. The summed E-state index contributed by atoms with van der Waals surface area (Å²) < 4.78 is 35.0. The van der Waals surface area contributed by atoms with Crippen molar-refractivity contribution in [2.24, 2.45) is 5.92 Å². The molecule has 2 aliphatic rings. The highest BCUT2D eigenvalue weighted by molar-refractivity contribution is 5.81. The van der Waals surface area contributed by atoms with E-state index >= 15 is 0 Å². The summed E-state index contributed by atoms with van der Waals surface area (Å²) in [7, 11) is 1.31. The van der Waals surface area contributed by atoms with E-state index in [0.717, 1.165) is 38.5 Å². The van der Waals surface area contributed by atoms with Crippen LogP contribution >= 0.6 is 0 Å². The molecule has 0 bridgehead atoms. The van der Waals surface area contributed by atoms with Gasteiger partial charge in [-0.15, -0.1) is 0 Å². The molecule has 0 spiro atoms. The molecule has 2 unspecified atom stereocenters. The summed E-state index contributed by atoms with van der Waals surface area (Å²) in [4.78, 5) is 11.3. The van der Waals surface area contributed by atoms with Crippen LogP contribution in [0.2, 0.25) is 0 Å². The van der Waals surface area contributed by atoms with Gasteiger partial charge >= 0.3 is 5.97 Å². The molecule has 2 fully saturated rings. The highest BCUT2D eigenvalue weighted by Gasteiger charge is 2.73. The van der Waals surface area contributed by atoms with Gasteiger partial charge in [-0.1, -0.05) is 46.1 Å². The van der Waals surface area contributed by atoms with E-state index in [1.165, 1.54) is 19.3 Å². The van der Waals surface area contributed by atoms with Crippen LogP contribution in [0, 0.1) is 5.92 Å². The molecule has 1 saturated heterocycles. The first-order valence-corrected chi connectivity index (χ1v) is 12.1. The largest absolute Gasteiger partial charge is 0.466 e. The average molecular weight is 459 g/mol. The molecule has 0 aromatic rings. The molecular weight excluding hydrogens is 416 g/mol. The lowest BCUT2D eigenvalue weighted by atomic mass is 9.63. The molecule has 0 amide bonds. The quantitative estimate of drug-likeness (QED) is 0.202. The fourth-order valence-electron chi connectivity index (χ4n) is 4.23. The molecule has 0 aromatic heterocycles. The maximum atomic E-state index is 11.3. The Balaban J connectivity index is 2.12. The van der Waals surface area contributed by atoms with Gasteiger partial charge < -0.3 is 33.5 Å². The van der Waals surface area contributed by atoms with Crippen LogP contribution in [0.3, 0.4) is 0 Å². The molecule has 8 heteroatoms. The van der Waals surface area contributed by atoms with Gasteiger partial charge in [-0.2, -0.15) is 0 Å². The van der Waals surface area contributed by atoms with E-state index in [1.54, 1.807) is 0 Å². The van der Waals surface area contributed by atoms with E-state index in [4.69, 9.17) is 23.7 Å². The Morgan fingerprint density at radius 3 is 2.31 bits per heavy atom. The van der Waals surface area contributed by atoms with Crippen molar-refractivity contribution in [1.82, 2.24) is 0 Å². The maximum absolute atomic E-state index is 11.3. The normalized spacial score (nSPS) is 31.6. The Morgan fingerprint density at radius 2 is 1.66 bits per heavy atom. The molecule has 8 nitrogen and oxygen atoms in total. The zero-order valence-electron chi connectivity index (χ0n) is 20.1. The monoisotopic (exact) mass is 458 g/mol. The molecule has 0 aromatic carbocycles. The Kier molecular flexibility index (Phi) is 12.1. The average Bonchev–Trinajstić information content (AvgIpc) is 3.03. The Hall–Kier alpha value is -1.03. The number of methoxy groups -OCH3 is 1. The number of hydrogen-bond acceptors (Lipinski definition) is 8. The summed E-state index contributed by atoms with van der Waals surface area (Å²) in [6, 6.07) is 0. The SMILES string of the molecule is CCCCOCC12O[C@@H](OC/C=C/C(=O)OC)[C@H](O)C1[C@@H](OCCCC)[C@@H]2OCCCC. The molecule has 2 rings (SSSR count). The van der Waals surface area contributed by atoms with Crippen molar-refractivity contribution in [3.05, 3.63) is 12.2 Å². The highest BCUT2D eigenvalue weighted by Crippen LogP contribution is 2.54. The lowest BCUT2D eigenvalue weighted by molar-refractivity contribution is -0.308. The fourth-order valence-corrected chi connectivity index (χ4v) is 4.23. The summed E-state index contributed by atoms with van der Waals surface area (Å²) in [5.41, 5.74) is -0.811. The number of carbonyl (C=O) groups is 1.